The molecule has 1 unspecified atom stereocenters. The number of benzene rings is 1. The van der Waals surface area contributed by atoms with Crippen molar-refractivity contribution >= 4 is 22.7 Å². The van der Waals surface area contributed by atoms with Gasteiger partial charge in [-0.25, -0.2) is 0 Å². The third kappa shape index (κ3) is 4.10. The van der Waals surface area contributed by atoms with Crippen LogP contribution >= 0.6 is 0 Å². The summed E-state index contributed by atoms with van der Waals surface area (Å²) in [6.07, 6.45) is 0. The van der Waals surface area contributed by atoms with E-state index in [4.69, 9.17) is 10.00 Å². The summed E-state index contributed by atoms with van der Waals surface area (Å²) in [5, 5.41) is 14.7. The van der Waals surface area contributed by atoms with Gasteiger partial charge in [0.25, 0.3) is 5.91 Å². The number of amides is 2. The van der Waals surface area contributed by atoms with Crippen LogP contribution in [0, 0.1) is 16.7 Å². The van der Waals surface area contributed by atoms with Crippen molar-refractivity contribution < 1.29 is 14.3 Å². The van der Waals surface area contributed by atoms with Gasteiger partial charge in [0, 0.05) is 10.9 Å². The van der Waals surface area contributed by atoms with Crippen LogP contribution < -0.4 is 15.4 Å². The van der Waals surface area contributed by atoms with Gasteiger partial charge in [-0.3, -0.25) is 9.59 Å². The minimum absolute atomic E-state index is 0.106. The van der Waals surface area contributed by atoms with Crippen molar-refractivity contribution in [3.63, 3.8) is 0 Å². The third-order valence-corrected chi connectivity index (χ3v) is 3.83. The third-order valence-electron chi connectivity index (χ3n) is 3.83. The minimum Gasteiger partial charge on any atom is -0.496 e. The summed E-state index contributed by atoms with van der Waals surface area (Å²) in [4.78, 5) is 27.9. The Morgan fingerprint density at radius 1 is 1.36 bits per heavy atom. The lowest BCUT2D eigenvalue weighted by molar-refractivity contribution is -0.125. The van der Waals surface area contributed by atoms with Crippen molar-refractivity contribution in [3.05, 3.63) is 30.0 Å². The second-order valence-corrected chi connectivity index (χ2v) is 6.75. The Bertz CT molecular complexity index is 827. The molecule has 2 amide bonds. The van der Waals surface area contributed by atoms with Gasteiger partial charge in [0.15, 0.2) is 0 Å². The van der Waals surface area contributed by atoms with Crippen LogP contribution in [0.1, 0.15) is 31.3 Å². The molecule has 0 radical (unpaired) electrons. The maximum Gasteiger partial charge on any atom is 0.268 e. The van der Waals surface area contributed by atoms with E-state index >= 15 is 0 Å². The zero-order chi connectivity index (χ0) is 18.6. The lowest BCUT2D eigenvalue weighted by Gasteiger charge is -2.29. The highest BCUT2D eigenvalue weighted by Gasteiger charge is 2.33. The quantitative estimate of drug-likeness (QED) is 0.722. The molecule has 2 rings (SSSR count). The number of aromatic amines is 1. The summed E-state index contributed by atoms with van der Waals surface area (Å²) in [6, 6.07) is 8.25. The summed E-state index contributed by atoms with van der Waals surface area (Å²) >= 11 is 0. The normalized spacial score (nSPS) is 12.3. The number of hydrogen-bond acceptors (Lipinski definition) is 4. The fourth-order valence-electron chi connectivity index (χ4n) is 2.54. The van der Waals surface area contributed by atoms with E-state index in [0.29, 0.717) is 11.4 Å². The molecule has 0 aliphatic heterocycles. The first-order chi connectivity index (χ1) is 11.8. The Balaban J connectivity index is 2.26. The fourth-order valence-corrected chi connectivity index (χ4v) is 2.54. The second kappa shape index (κ2) is 7.26. The van der Waals surface area contributed by atoms with Crippen LogP contribution in [0.3, 0.4) is 0 Å². The van der Waals surface area contributed by atoms with E-state index in [9.17, 15) is 9.59 Å². The van der Waals surface area contributed by atoms with E-state index in [1.54, 1.807) is 13.2 Å². The monoisotopic (exact) mass is 342 g/mol. The number of nitrogens with one attached hydrogen (secondary N) is 3. The molecule has 0 saturated heterocycles. The van der Waals surface area contributed by atoms with Crippen LogP contribution in [-0.4, -0.2) is 36.5 Å². The van der Waals surface area contributed by atoms with Crippen molar-refractivity contribution in [2.24, 2.45) is 5.41 Å². The van der Waals surface area contributed by atoms with Gasteiger partial charge >= 0.3 is 0 Å². The van der Waals surface area contributed by atoms with Gasteiger partial charge in [-0.05, 0) is 23.6 Å². The number of nitrogens with zero attached hydrogens (tertiary/aromatic N) is 1. The Morgan fingerprint density at radius 2 is 2.08 bits per heavy atom. The van der Waals surface area contributed by atoms with E-state index in [2.05, 4.69) is 15.6 Å². The number of hydrogen-bond donors (Lipinski definition) is 3. The number of nitriles is 1. The van der Waals surface area contributed by atoms with E-state index in [0.717, 1.165) is 10.9 Å². The molecular formula is C18H22N4O3. The summed E-state index contributed by atoms with van der Waals surface area (Å²) in [7, 11) is 1.57. The largest absolute Gasteiger partial charge is 0.496 e. The maximum atomic E-state index is 12.6. The number of carbonyl (C=O) groups excluding carboxylic acids is 2. The van der Waals surface area contributed by atoms with Crippen LogP contribution in [0.4, 0.5) is 0 Å². The lowest BCUT2D eigenvalue weighted by Crippen LogP contribution is -2.53. The molecule has 0 fully saturated rings. The Labute approximate surface area is 146 Å². The van der Waals surface area contributed by atoms with Gasteiger partial charge in [0.2, 0.25) is 5.91 Å². The number of carbonyl (C=O) groups is 2. The number of rotatable bonds is 5. The van der Waals surface area contributed by atoms with Gasteiger partial charge in [-0.15, -0.1) is 0 Å². The molecule has 0 bridgehead atoms. The summed E-state index contributed by atoms with van der Waals surface area (Å²) in [5.41, 5.74) is 0.589. The predicted molar refractivity (Wildman–Crippen MR) is 94.2 cm³/mol. The number of H-pyrrole nitrogens is 1. The van der Waals surface area contributed by atoms with E-state index in [1.807, 2.05) is 45.0 Å². The van der Waals surface area contributed by atoms with Crippen molar-refractivity contribution in [3.8, 4) is 11.8 Å². The first-order valence-corrected chi connectivity index (χ1v) is 7.89. The predicted octanol–water partition coefficient (Wildman–Crippen LogP) is 1.96. The number of aromatic nitrogens is 1. The van der Waals surface area contributed by atoms with Crippen LogP contribution in [0.2, 0.25) is 0 Å². The lowest BCUT2D eigenvalue weighted by atomic mass is 9.86. The van der Waals surface area contributed by atoms with Gasteiger partial charge in [0.05, 0.1) is 13.2 Å². The molecule has 132 valence electrons. The SMILES string of the molecule is COc1cccc2[nH]c(C(=O)NC(C(=O)NCC#N)C(C)(C)C)cc12. The Kier molecular flexibility index (Phi) is 5.32. The molecule has 1 aromatic heterocycles. The van der Waals surface area contributed by atoms with Gasteiger partial charge in [-0.1, -0.05) is 26.8 Å². The molecular weight excluding hydrogens is 320 g/mol. The highest BCUT2D eigenvalue weighted by molar-refractivity contribution is 6.01. The van der Waals surface area contributed by atoms with Crippen molar-refractivity contribution in [1.29, 1.82) is 5.26 Å². The maximum absolute atomic E-state index is 12.6. The number of methoxy groups -OCH3 is 1. The van der Waals surface area contributed by atoms with Crippen LogP contribution in [0.5, 0.6) is 5.75 Å². The minimum atomic E-state index is -0.776. The standard InChI is InChI=1S/C18H22N4O3/c1-18(2,3)15(17(24)20-9-8-19)22-16(23)13-10-11-12(21-13)6-5-7-14(11)25-4/h5-7,10,15,21H,9H2,1-4H3,(H,20,24)(H,22,23). The van der Waals surface area contributed by atoms with Crippen LogP contribution in [0.25, 0.3) is 10.9 Å². The van der Waals surface area contributed by atoms with Crippen LogP contribution in [-0.2, 0) is 4.79 Å². The first-order valence-electron chi connectivity index (χ1n) is 7.89. The van der Waals surface area contributed by atoms with Crippen molar-refractivity contribution in [2.75, 3.05) is 13.7 Å². The van der Waals surface area contributed by atoms with Crippen molar-refractivity contribution in [2.45, 2.75) is 26.8 Å². The molecule has 0 saturated carbocycles. The van der Waals surface area contributed by atoms with Gasteiger partial charge in [-0.2, -0.15) is 5.26 Å². The molecule has 1 aromatic carbocycles. The Morgan fingerprint density at radius 3 is 2.68 bits per heavy atom. The summed E-state index contributed by atoms with van der Waals surface area (Å²) < 4.78 is 5.29. The molecule has 0 aliphatic carbocycles. The average Bonchev–Trinajstić information content (AvgIpc) is 3.00. The molecule has 3 N–H and O–H groups in total. The van der Waals surface area contributed by atoms with Crippen LogP contribution in [0.15, 0.2) is 24.3 Å². The van der Waals surface area contributed by atoms with Crippen molar-refractivity contribution in [1.82, 2.24) is 15.6 Å². The topological polar surface area (TPSA) is 107 Å². The van der Waals surface area contributed by atoms with E-state index in [1.165, 1.54) is 0 Å². The molecule has 0 spiro atoms. The zero-order valence-electron chi connectivity index (χ0n) is 14.8. The Hall–Kier alpha value is -3.01. The number of ether oxygens (including phenoxy) is 1. The van der Waals surface area contributed by atoms with E-state index < -0.39 is 23.3 Å². The first kappa shape index (κ1) is 18.3. The summed E-state index contributed by atoms with van der Waals surface area (Å²) in [5.74, 6) is -0.131. The van der Waals surface area contributed by atoms with Gasteiger partial charge < -0.3 is 20.4 Å². The molecule has 7 heteroatoms. The average molecular weight is 342 g/mol. The van der Waals surface area contributed by atoms with Gasteiger partial charge in [0.1, 0.15) is 24.0 Å². The number of fused-ring (bicyclic) bond motifs is 1. The molecule has 0 aliphatic rings. The smallest absolute Gasteiger partial charge is 0.268 e. The highest BCUT2D eigenvalue weighted by atomic mass is 16.5. The molecule has 1 heterocycles. The molecule has 25 heavy (non-hydrogen) atoms. The highest BCUT2D eigenvalue weighted by Crippen LogP contribution is 2.26. The molecule has 1 atom stereocenters. The summed E-state index contributed by atoms with van der Waals surface area (Å²) in [6.45, 7) is 5.43. The van der Waals surface area contributed by atoms with E-state index in [-0.39, 0.29) is 6.54 Å². The molecule has 2 aromatic rings. The molecule has 7 nitrogen and oxygen atoms in total. The fraction of sp³-hybridized carbons (Fsp3) is 0.389. The second-order valence-electron chi connectivity index (χ2n) is 6.75. The zero-order valence-corrected chi connectivity index (χ0v) is 14.8.